The second kappa shape index (κ2) is 15.0. The molecule has 0 radical (unpaired) electrons. The lowest BCUT2D eigenvalue weighted by Crippen LogP contribution is -2.41. The number of likely N-dealkylation sites (N-methyl/N-ethyl adjacent to an activating group) is 1. The van der Waals surface area contributed by atoms with E-state index in [1.807, 2.05) is 7.05 Å². The third-order valence-corrected chi connectivity index (χ3v) is 4.75. The summed E-state index contributed by atoms with van der Waals surface area (Å²) in [5.74, 6) is 0.830. The Morgan fingerprint density at radius 3 is 2.57 bits per heavy atom. The number of hydrogen-bond donors (Lipinski definition) is 2. The van der Waals surface area contributed by atoms with Gasteiger partial charge in [-0.3, -0.25) is 9.89 Å². The molecule has 2 rings (SSSR count). The quantitative estimate of drug-likeness (QED) is 0.285. The van der Waals surface area contributed by atoms with Crippen molar-refractivity contribution in [3.63, 3.8) is 0 Å². The molecule has 1 aromatic rings. The second-order valence-electron chi connectivity index (χ2n) is 6.81. The molecule has 8 heteroatoms. The van der Waals surface area contributed by atoms with E-state index in [4.69, 9.17) is 9.47 Å². The van der Waals surface area contributed by atoms with E-state index < -0.39 is 0 Å². The van der Waals surface area contributed by atoms with Crippen LogP contribution in [-0.4, -0.2) is 89.5 Å². The van der Waals surface area contributed by atoms with Crippen LogP contribution in [0.3, 0.4) is 0 Å². The molecule has 1 aromatic carbocycles. The smallest absolute Gasteiger partial charge is 0.191 e. The van der Waals surface area contributed by atoms with Crippen LogP contribution in [0.2, 0.25) is 0 Å². The molecule has 0 amide bonds. The number of nitrogens with one attached hydrogen (secondary N) is 2. The van der Waals surface area contributed by atoms with Crippen molar-refractivity contribution < 1.29 is 9.47 Å². The van der Waals surface area contributed by atoms with Crippen molar-refractivity contribution in [1.29, 1.82) is 0 Å². The molecule has 0 atom stereocenters. The number of hydrogen-bond acceptors (Lipinski definition) is 5. The van der Waals surface area contributed by atoms with Gasteiger partial charge < -0.3 is 25.0 Å². The first-order valence-corrected chi connectivity index (χ1v) is 9.72. The maximum atomic E-state index is 5.45. The zero-order valence-electron chi connectivity index (χ0n) is 17.4. The first kappa shape index (κ1) is 25.1. The molecule has 1 aliphatic heterocycles. The molecule has 1 saturated heterocycles. The topological polar surface area (TPSA) is 61.4 Å². The van der Waals surface area contributed by atoms with Gasteiger partial charge in [-0.15, -0.1) is 24.0 Å². The molecule has 0 spiro atoms. The number of benzene rings is 1. The maximum absolute atomic E-state index is 5.45. The SMILES string of the molecule is CN=C(NCCN(C)CCOC)NCc1ccccc1CN1CCOCC1.I. The number of guanidine groups is 1. The predicted molar refractivity (Wildman–Crippen MR) is 126 cm³/mol. The number of rotatable bonds is 10. The summed E-state index contributed by atoms with van der Waals surface area (Å²) < 4.78 is 10.6. The lowest BCUT2D eigenvalue weighted by Gasteiger charge is -2.27. The zero-order valence-corrected chi connectivity index (χ0v) is 19.8. The average molecular weight is 505 g/mol. The van der Waals surface area contributed by atoms with Crippen LogP contribution in [0, 0.1) is 0 Å². The van der Waals surface area contributed by atoms with Gasteiger partial charge in [0, 0.05) is 60.0 Å². The van der Waals surface area contributed by atoms with Crippen LogP contribution in [0.4, 0.5) is 0 Å². The van der Waals surface area contributed by atoms with Crippen molar-refractivity contribution in [2.45, 2.75) is 13.1 Å². The van der Waals surface area contributed by atoms with Gasteiger partial charge in [0.15, 0.2) is 5.96 Å². The van der Waals surface area contributed by atoms with E-state index in [0.29, 0.717) is 0 Å². The van der Waals surface area contributed by atoms with E-state index in [0.717, 1.165) is 71.6 Å². The summed E-state index contributed by atoms with van der Waals surface area (Å²) in [6.45, 7) is 8.86. The van der Waals surface area contributed by atoms with Gasteiger partial charge in [0.1, 0.15) is 0 Å². The van der Waals surface area contributed by atoms with Gasteiger partial charge in [-0.05, 0) is 18.2 Å². The Bertz CT molecular complexity index is 567. The Hall–Kier alpha value is -0.940. The lowest BCUT2D eigenvalue weighted by atomic mass is 10.1. The highest BCUT2D eigenvalue weighted by molar-refractivity contribution is 14.0. The fourth-order valence-electron chi connectivity index (χ4n) is 3.01. The van der Waals surface area contributed by atoms with Crippen molar-refractivity contribution in [1.82, 2.24) is 20.4 Å². The van der Waals surface area contributed by atoms with E-state index in [1.54, 1.807) is 7.11 Å². The molecule has 0 aliphatic carbocycles. The molecule has 1 aliphatic rings. The molecular weight excluding hydrogens is 469 g/mol. The number of ether oxygens (including phenoxy) is 2. The third-order valence-electron chi connectivity index (χ3n) is 4.75. The van der Waals surface area contributed by atoms with Crippen molar-refractivity contribution in [2.24, 2.45) is 4.99 Å². The predicted octanol–water partition coefficient (Wildman–Crippen LogP) is 1.38. The maximum Gasteiger partial charge on any atom is 0.191 e. The van der Waals surface area contributed by atoms with E-state index in [2.05, 4.69) is 56.7 Å². The van der Waals surface area contributed by atoms with E-state index in [1.165, 1.54) is 11.1 Å². The van der Waals surface area contributed by atoms with E-state index in [-0.39, 0.29) is 24.0 Å². The number of aliphatic imine (C=N–C) groups is 1. The first-order chi connectivity index (χ1) is 13.2. The number of halogens is 1. The van der Waals surface area contributed by atoms with Gasteiger partial charge in [0.2, 0.25) is 0 Å². The highest BCUT2D eigenvalue weighted by Gasteiger charge is 2.12. The normalized spacial score (nSPS) is 15.4. The van der Waals surface area contributed by atoms with Crippen LogP contribution in [0.15, 0.2) is 29.3 Å². The molecule has 160 valence electrons. The lowest BCUT2D eigenvalue weighted by molar-refractivity contribution is 0.0341. The van der Waals surface area contributed by atoms with Gasteiger partial charge in [-0.1, -0.05) is 24.3 Å². The second-order valence-corrected chi connectivity index (χ2v) is 6.81. The van der Waals surface area contributed by atoms with Crippen LogP contribution in [-0.2, 0) is 22.6 Å². The number of morpholine rings is 1. The summed E-state index contributed by atoms with van der Waals surface area (Å²) in [5, 5.41) is 6.81. The molecule has 1 fully saturated rings. The van der Waals surface area contributed by atoms with Crippen LogP contribution in [0.25, 0.3) is 0 Å². The van der Waals surface area contributed by atoms with Gasteiger partial charge in [-0.2, -0.15) is 0 Å². The van der Waals surface area contributed by atoms with Crippen LogP contribution in [0.5, 0.6) is 0 Å². The van der Waals surface area contributed by atoms with Crippen molar-refractivity contribution in [3.05, 3.63) is 35.4 Å². The monoisotopic (exact) mass is 505 g/mol. The van der Waals surface area contributed by atoms with Gasteiger partial charge in [-0.25, -0.2) is 0 Å². The largest absolute Gasteiger partial charge is 0.383 e. The Kier molecular flexibility index (Phi) is 13.4. The van der Waals surface area contributed by atoms with Gasteiger partial charge in [0.05, 0.1) is 19.8 Å². The molecule has 28 heavy (non-hydrogen) atoms. The minimum atomic E-state index is 0. The van der Waals surface area contributed by atoms with Crippen LogP contribution >= 0.6 is 24.0 Å². The molecule has 1 heterocycles. The van der Waals surface area contributed by atoms with E-state index >= 15 is 0 Å². The third kappa shape index (κ3) is 9.51. The summed E-state index contributed by atoms with van der Waals surface area (Å²) in [4.78, 5) is 9.02. The zero-order chi connectivity index (χ0) is 19.3. The molecule has 0 saturated carbocycles. The Labute approximate surface area is 186 Å². The first-order valence-electron chi connectivity index (χ1n) is 9.72. The fourth-order valence-corrected chi connectivity index (χ4v) is 3.01. The Morgan fingerprint density at radius 2 is 1.89 bits per heavy atom. The Morgan fingerprint density at radius 1 is 1.18 bits per heavy atom. The van der Waals surface area contributed by atoms with Crippen LogP contribution < -0.4 is 10.6 Å². The highest BCUT2D eigenvalue weighted by atomic mass is 127. The Balaban J connectivity index is 0.00000392. The number of nitrogens with zero attached hydrogens (tertiary/aromatic N) is 3. The van der Waals surface area contributed by atoms with Crippen molar-refractivity contribution in [3.8, 4) is 0 Å². The number of methoxy groups -OCH3 is 1. The summed E-state index contributed by atoms with van der Waals surface area (Å²) in [7, 11) is 5.64. The molecule has 0 aromatic heterocycles. The summed E-state index contributed by atoms with van der Waals surface area (Å²) in [5.41, 5.74) is 2.67. The minimum absolute atomic E-state index is 0. The molecular formula is C20H36IN5O2. The minimum Gasteiger partial charge on any atom is -0.383 e. The highest BCUT2D eigenvalue weighted by Crippen LogP contribution is 2.12. The standard InChI is InChI=1S/C20H35N5O2.HI/c1-21-20(22-8-9-24(2)10-13-26-3)23-16-18-6-4-5-7-19(18)17-25-11-14-27-15-12-25;/h4-7H,8-17H2,1-3H3,(H2,21,22,23);1H. The molecule has 0 bridgehead atoms. The van der Waals surface area contributed by atoms with Gasteiger partial charge in [0.25, 0.3) is 0 Å². The summed E-state index contributed by atoms with van der Waals surface area (Å²) in [6.07, 6.45) is 0. The summed E-state index contributed by atoms with van der Waals surface area (Å²) >= 11 is 0. The van der Waals surface area contributed by atoms with Crippen molar-refractivity contribution in [2.75, 3.05) is 73.7 Å². The average Bonchev–Trinajstić information content (AvgIpc) is 2.70. The van der Waals surface area contributed by atoms with Gasteiger partial charge >= 0.3 is 0 Å². The van der Waals surface area contributed by atoms with Crippen LogP contribution in [0.1, 0.15) is 11.1 Å². The molecule has 7 nitrogen and oxygen atoms in total. The van der Waals surface area contributed by atoms with E-state index in [9.17, 15) is 0 Å². The fraction of sp³-hybridized carbons (Fsp3) is 0.650. The van der Waals surface area contributed by atoms with Crippen molar-refractivity contribution >= 4 is 29.9 Å². The summed E-state index contributed by atoms with van der Waals surface area (Å²) in [6, 6.07) is 8.62. The molecule has 0 unspecified atom stereocenters. The molecule has 2 N–H and O–H groups in total.